The minimum atomic E-state index is -0.360. The maximum Gasteiger partial charge on any atom is 0.240 e. The monoisotopic (exact) mass is 260 g/mol. The fourth-order valence-corrected chi connectivity index (χ4v) is 2.47. The van der Waals surface area contributed by atoms with E-state index < -0.39 is 0 Å². The van der Waals surface area contributed by atoms with Gasteiger partial charge in [-0.1, -0.05) is 24.3 Å². The van der Waals surface area contributed by atoms with Gasteiger partial charge in [0.2, 0.25) is 5.91 Å². The van der Waals surface area contributed by atoms with Crippen molar-refractivity contribution in [1.82, 2.24) is 0 Å². The average molecular weight is 260 g/mol. The van der Waals surface area contributed by atoms with E-state index in [9.17, 15) is 4.79 Å². The summed E-state index contributed by atoms with van der Waals surface area (Å²) >= 11 is 0. The normalized spacial score (nSPS) is 19.7. The summed E-state index contributed by atoms with van der Waals surface area (Å²) in [5.41, 5.74) is 6.35. The largest absolute Gasteiger partial charge is 0.495 e. The van der Waals surface area contributed by atoms with Crippen LogP contribution in [0, 0.1) is 5.92 Å². The molecule has 4 heteroatoms. The molecule has 2 rings (SSSR count). The molecular formula is C15H20N2O2. The molecule has 1 aromatic carbocycles. The first-order chi connectivity index (χ1) is 9.22. The number of rotatable bonds is 5. The average Bonchev–Trinajstić information content (AvgIpc) is 2.45. The smallest absolute Gasteiger partial charge is 0.240 e. The topological polar surface area (TPSA) is 64.3 Å². The molecule has 0 saturated heterocycles. The number of para-hydroxylation sites is 2. The number of primary amides is 1. The molecule has 0 aromatic heterocycles. The summed E-state index contributed by atoms with van der Waals surface area (Å²) in [5, 5.41) is 3.23. The van der Waals surface area contributed by atoms with Crippen molar-refractivity contribution in [3.05, 3.63) is 36.4 Å². The highest BCUT2D eigenvalue weighted by atomic mass is 16.5. The molecule has 0 saturated carbocycles. The second-order valence-corrected chi connectivity index (χ2v) is 4.77. The lowest BCUT2D eigenvalue weighted by molar-refractivity contribution is -0.119. The first kappa shape index (κ1) is 13.5. The molecule has 2 unspecified atom stereocenters. The molecular weight excluding hydrogens is 240 g/mol. The number of carbonyl (C=O) groups is 1. The summed E-state index contributed by atoms with van der Waals surface area (Å²) in [5.74, 6) is 0.652. The molecule has 0 radical (unpaired) electrons. The van der Waals surface area contributed by atoms with Gasteiger partial charge in [0.1, 0.15) is 11.8 Å². The predicted molar refractivity (Wildman–Crippen MR) is 76.1 cm³/mol. The van der Waals surface area contributed by atoms with E-state index in [1.807, 2.05) is 24.3 Å². The summed E-state index contributed by atoms with van der Waals surface area (Å²) < 4.78 is 5.28. The summed E-state index contributed by atoms with van der Waals surface area (Å²) in [4.78, 5) is 11.7. The minimum absolute atomic E-state index is 0.243. The Labute approximate surface area is 113 Å². The molecule has 102 valence electrons. The Kier molecular flexibility index (Phi) is 4.44. The molecule has 1 aliphatic carbocycles. The number of anilines is 1. The second-order valence-electron chi connectivity index (χ2n) is 4.77. The molecule has 0 spiro atoms. The van der Waals surface area contributed by atoms with E-state index in [0.29, 0.717) is 0 Å². The first-order valence-corrected chi connectivity index (χ1v) is 6.56. The Morgan fingerprint density at radius 1 is 1.42 bits per heavy atom. The number of benzene rings is 1. The van der Waals surface area contributed by atoms with Crippen LogP contribution in [0.2, 0.25) is 0 Å². The molecule has 1 amide bonds. The van der Waals surface area contributed by atoms with E-state index in [0.717, 1.165) is 30.7 Å². The predicted octanol–water partition coefficient (Wildman–Crippen LogP) is 2.32. The van der Waals surface area contributed by atoms with Crippen LogP contribution in [0.15, 0.2) is 36.4 Å². The lowest BCUT2D eigenvalue weighted by Gasteiger charge is -2.27. The highest BCUT2D eigenvalue weighted by Crippen LogP contribution is 2.28. The van der Waals surface area contributed by atoms with Gasteiger partial charge in [0.05, 0.1) is 12.8 Å². The maximum absolute atomic E-state index is 11.7. The van der Waals surface area contributed by atoms with Crippen molar-refractivity contribution >= 4 is 11.6 Å². The number of methoxy groups -OCH3 is 1. The van der Waals surface area contributed by atoms with Gasteiger partial charge >= 0.3 is 0 Å². The van der Waals surface area contributed by atoms with Gasteiger partial charge in [-0.25, -0.2) is 0 Å². The van der Waals surface area contributed by atoms with E-state index in [1.54, 1.807) is 7.11 Å². The number of amides is 1. The number of nitrogens with two attached hydrogens (primary N) is 1. The van der Waals surface area contributed by atoms with Crippen LogP contribution in [0.5, 0.6) is 5.75 Å². The van der Waals surface area contributed by atoms with Crippen LogP contribution in [0.1, 0.15) is 19.3 Å². The number of allylic oxidation sites excluding steroid dienone is 2. The third kappa shape index (κ3) is 3.28. The number of hydrogen-bond donors (Lipinski definition) is 2. The Morgan fingerprint density at radius 2 is 2.21 bits per heavy atom. The van der Waals surface area contributed by atoms with Crippen LogP contribution in [0.25, 0.3) is 0 Å². The summed E-state index contributed by atoms with van der Waals surface area (Å²) in [6.45, 7) is 0. The molecule has 1 aromatic rings. The van der Waals surface area contributed by atoms with Crippen molar-refractivity contribution in [3.63, 3.8) is 0 Å². The van der Waals surface area contributed by atoms with Crippen molar-refractivity contribution in [1.29, 1.82) is 0 Å². The van der Waals surface area contributed by atoms with Gasteiger partial charge in [-0.3, -0.25) is 4.79 Å². The van der Waals surface area contributed by atoms with Gasteiger partial charge in [-0.05, 0) is 37.3 Å². The van der Waals surface area contributed by atoms with Gasteiger partial charge in [-0.2, -0.15) is 0 Å². The standard InChI is InChI=1S/C15H20N2O2/c1-19-13-10-6-5-9-12(13)17-14(15(16)18)11-7-3-2-4-8-11/h2-3,5-6,9-11,14,17H,4,7-8H2,1H3,(H2,16,18). The number of hydrogen-bond acceptors (Lipinski definition) is 3. The Balaban J connectivity index is 2.16. The molecule has 0 aliphatic heterocycles. The zero-order valence-corrected chi connectivity index (χ0v) is 11.1. The van der Waals surface area contributed by atoms with Crippen molar-refractivity contribution in [2.75, 3.05) is 12.4 Å². The van der Waals surface area contributed by atoms with E-state index in [1.165, 1.54) is 0 Å². The van der Waals surface area contributed by atoms with Gasteiger partial charge in [0, 0.05) is 0 Å². The van der Waals surface area contributed by atoms with Gasteiger partial charge < -0.3 is 15.8 Å². The molecule has 0 heterocycles. The van der Waals surface area contributed by atoms with Gasteiger partial charge in [-0.15, -0.1) is 0 Å². The highest BCUT2D eigenvalue weighted by Gasteiger charge is 2.27. The number of carbonyl (C=O) groups excluding carboxylic acids is 1. The Morgan fingerprint density at radius 3 is 2.84 bits per heavy atom. The fraction of sp³-hybridized carbons (Fsp3) is 0.400. The number of ether oxygens (including phenoxy) is 1. The Hall–Kier alpha value is -1.97. The molecule has 2 atom stereocenters. The highest BCUT2D eigenvalue weighted by molar-refractivity contribution is 5.84. The third-order valence-electron chi connectivity index (χ3n) is 3.51. The lowest BCUT2D eigenvalue weighted by Crippen LogP contribution is -2.42. The van der Waals surface area contributed by atoms with Crippen molar-refractivity contribution in [2.45, 2.75) is 25.3 Å². The fourth-order valence-electron chi connectivity index (χ4n) is 2.47. The molecule has 19 heavy (non-hydrogen) atoms. The summed E-state index contributed by atoms with van der Waals surface area (Å²) in [6.07, 6.45) is 7.13. The maximum atomic E-state index is 11.7. The SMILES string of the molecule is COc1ccccc1NC(C(N)=O)C1CC=CCC1. The summed E-state index contributed by atoms with van der Waals surface area (Å²) in [6, 6.07) is 7.20. The van der Waals surface area contributed by atoms with Crippen LogP contribution in [0.3, 0.4) is 0 Å². The van der Waals surface area contributed by atoms with Crippen LogP contribution in [-0.2, 0) is 4.79 Å². The molecule has 0 fully saturated rings. The minimum Gasteiger partial charge on any atom is -0.495 e. The van der Waals surface area contributed by atoms with E-state index in [-0.39, 0.29) is 17.9 Å². The van der Waals surface area contributed by atoms with Gasteiger partial charge in [0.15, 0.2) is 0 Å². The quantitative estimate of drug-likeness (QED) is 0.798. The van der Waals surface area contributed by atoms with Crippen LogP contribution < -0.4 is 15.8 Å². The van der Waals surface area contributed by atoms with Crippen molar-refractivity contribution in [3.8, 4) is 5.75 Å². The Bertz CT molecular complexity index is 471. The van der Waals surface area contributed by atoms with Crippen LogP contribution in [0.4, 0.5) is 5.69 Å². The molecule has 4 nitrogen and oxygen atoms in total. The molecule has 3 N–H and O–H groups in total. The second kappa shape index (κ2) is 6.27. The van der Waals surface area contributed by atoms with Crippen LogP contribution in [-0.4, -0.2) is 19.1 Å². The molecule has 0 bridgehead atoms. The van der Waals surface area contributed by atoms with Crippen molar-refractivity contribution < 1.29 is 9.53 Å². The number of nitrogens with one attached hydrogen (secondary N) is 1. The van der Waals surface area contributed by atoms with E-state index in [2.05, 4.69) is 17.5 Å². The summed E-state index contributed by atoms with van der Waals surface area (Å²) in [7, 11) is 1.61. The van der Waals surface area contributed by atoms with E-state index >= 15 is 0 Å². The van der Waals surface area contributed by atoms with Gasteiger partial charge in [0.25, 0.3) is 0 Å². The molecule has 1 aliphatic rings. The van der Waals surface area contributed by atoms with Crippen molar-refractivity contribution in [2.24, 2.45) is 11.7 Å². The zero-order chi connectivity index (χ0) is 13.7. The van der Waals surface area contributed by atoms with E-state index in [4.69, 9.17) is 10.5 Å². The lowest BCUT2D eigenvalue weighted by atomic mass is 9.87. The first-order valence-electron chi connectivity index (χ1n) is 6.56. The zero-order valence-electron chi connectivity index (χ0n) is 11.1. The third-order valence-corrected chi connectivity index (χ3v) is 3.51. The van der Waals surface area contributed by atoms with Crippen LogP contribution >= 0.6 is 0 Å².